The van der Waals surface area contributed by atoms with Gasteiger partial charge in [0.15, 0.2) is 0 Å². The molecule has 2 atom stereocenters. The number of phenolic OH excluding ortho intramolecular Hbond substituents is 1. The highest BCUT2D eigenvalue weighted by atomic mass is 32.2. The fraction of sp³-hybridized carbons (Fsp3) is 0.263. The fourth-order valence-corrected chi connectivity index (χ4v) is 3.94. The van der Waals surface area contributed by atoms with Crippen LogP contribution in [0.15, 0.2) is 41.3 Å². The maximum Gasteiger partial charge on any atom is 0.144 e. The van der Waals surface area contributed by atoms with Gasteiger partial charge in [-0.05, 0) is 36.8 Å². The predicted octanol–water partition coefficient (Wildman–Crippen LogP) is 1.55. The van der Waals surface area contributed by atoms with E-state index in [4.69, 9.17) is 20.7 Å². The van der Waals surface area contributed by atoms with E-state index in [-0.39, 0.29) is 28.3 Å². The summed E-state index contributed by atoms with van der Waals surface area (Å²) in [6.45, 7) is -0.0144. The molecule has 152 valence electrons. The van der Waals surface area contributed by atoms with Gasteiger partial charge in [0.05, 0.1) is 22.6 Å². The Morgan fingerprint density at radius 3 is 2.38 bits per heavy atom. The first-order valence-corrected chi connectivity index (χ1v) is 9.42. The maximum atomic E-state index is 13.0. The summed E-state index contributed by atoms with van der Waals surface area (Å²) in [7, 11) is -1.65. The first-order chi connectivity index (χ1) is 13.7. The highest BCUT2D eigenvalue weighted by Crippen LogP contribution is 2.26. The van der Waals surface area contributed by atoms with Gasteiger partial charge in [0.2, 0.25) is 0 Å². The average molecular weight is 421 g/mol. The van der Waals surface area contributed by atoms with E-state index in [1.165, 1.54) is 22.5 Å². The van der Waals surface area contributed by atoms with Crippen molar-refractivity contribution in [2.24, 2.45) is 0 Å². The Morgan fingerprint density at radius 1 is 1.14 bits per heavy atom. The molecule has 7 nitrogen and oxygen atoms in total. The summed E-state index contributed by atoms with van der Waals surface area (Å²) in [5.41, 5.74) is -1.31. The third-order valence-electron chi connectivity index (χ3n) is 4.15. The van der Waals surface area contributed by atoms with Gasteiger partial charge in [0.25, 0.3) is 0 Å². The quantitative estimate of drug-likeness (QED) is 0.690. The monoisotopic (exact) mass is 421 g/mol. The molecule has 3 rings (SSSR count). The van der Waals surface area contributed by atoms with Gasteiger partial charge >= 0.3 is 0 Å². The third-order valence-corrected chi connectivity index (χ3v) is 5.66. The molecular formula is C19H17F2N3O4S. The molecule has 2 aromatic rings. The Kier molecular flexibility index (Phi) is 7.37. The van der Waals surface area contributed by atoms with E-state index in [9.17, 15) is 18.1 Å². The van der Waals surface area contributed by atoms with Gasteiger partial charge < -0.3 is 15.3 Å². The van der Waals surface area contributed by atoms with Crippen molar-refractivity contribution in [3.8, 4) is 17.9 Å². The minimum atomic E-state index is -1.65. The van der Waals surface area contributed by atoms with Crippen LogP contribution in [0.4, 0.5) is 8.78 Å². The topological polar surface area (TPSA) is 129 Å². The Hall–Kier alpha value is -2.89. The molecule has 0 aromatic heterocycles. The van der Waals surface area contributed by atoms with Gasteiger partial charge in [0, 0.05) is 19.2 Å². The van der Waals surface area contributed by atoms with E-state index in [0.29, 0.717) is 13.0 Å². The number of aromatic hydroxyl groups is 1. The highest BCUT2D eigenvalue weighted by Gasteiger charge is 2.38. The van der Waals surface area contributed by atoms with Crippen LogP contribution in [0, 0.1) is 34.3 Å². The standard InChI is InChI=1S/C12H13FN2O3S.C7H4FNO/c13-10-1-2-11(9(5-10)6-14)19(18)15-4-3-12(17,7-15)8-16;8-7-3-6(10)2-1-5(7)4-9/h1-2,5,16-17H,3-4,7-8H2;1-3,10H/t12-,19?;/m0./s1. The van der Waals surface area contributed by atoms with Gasteiger partial charge in [-0.1, -0.05) is 0 Å². The van der Waals surface area contributed by atoms with Crippen LogP contribution in [0.3, 0.4) is 0 Å². The van der Waals surface area contributed by atoms with Gasteiger partial charge in [-0.15, -0.1) is 0 Å². The van der Waals surface area contributed by atoms with Crippen molar-refractivity contribution in [3.05, 3.63) is 59.2 Å². The smallest absolute Gasteiger partial charge is 0.144 e. The molecule has 0 bridgehead atoms. The van der Waals surface area contributed by atoms with Gasteiger partial charge in [-0.25, -0.2) is 17.3 Å². The summed E-state index contributed by atoms with van der Waals surface area (Å²) < 4.78 is 39.3. The maximum absolute atomic E-state index is 13.0. The van der Waals surface area contributed by atoms with E-state index in [1.54, 1.807) is 12.1 Å². The van der Waals surface area contributed by atoms with E-state index in [0.717, 1.165) is 18.2 Å². The van der Waals surface area contributed by atoms with Crippen molar-refractivity contribution in [2.75, 3.05) is 19.7 Å². The first-order valence-electron chi connectivity index (χ1n) is 8.31. The zero-order valence-corrected chi connectivity index (χ0v) is 15.9. The number of phenols is 1. The summed E-state index contributed by atoms with van der Waals surface area (Å²) >= 11 is 0. The summed E-state index contributed by atoms with van der Waals surface area (Å²) in [5, 5.41) is 44.8. The molecule has 1 fully saturated rings. The van der Waals surface area contributed by atoms with Crippen LogP contribution in [-0.2, 0) is 11.0 Å². The molecular weight excluding hydrogens is 404 g/mol. The number of nitrogens with zero attached hydrogens (tertiary/aromatic N) is 3. The SMILES string of the molecule is N#Cc1cc(F)ccc1S(=O)N1CC[C@@](O)(CO)C1.N#Cc1ccc(O)cc1F. The second-order valence-corrected chi connectivity index (χ2v) is 7.73. The fourth-order valence-electron chi connectivity index (χ4n) is 2.57. The summed E-state index contributed by atoms with van der Waals surface area (Å²) in [4.78, 5) is 0.214. The molecule has 29 heavy (non-hydrogen) atoms. The molecule has 0 amide bonds. The van der Waals surface area contributed by atoms with Crippen molar-refractivity contribution in [3.63, 3.8) is 0 Å². The van der Waals surface area contributed by atoms with Gasteiger partial charge in [-0.3, -0.25) is 0 Å². The van der Waals surface area contributed by atoms with Crippen LogP contribution in [0.25, 0.3) is 0 Å². The van der Waals surface area contributed by atoms with Crippen molar-refractivity contribution in [1.29, 1.82) is 10.5 Å². The lowest BCUT2D eigenvalue weighted by molar-refractivity contribution is -0.000504. The molecule has 1 saturated heterocycles. The number of hydrogen-bond acceptors (Lipinski definition) is 6. The summed E-state index contributed by atoms with van der Waals surface area (Å²) in [5.74, 6) is -1.43. The van der Waals surface area contributed by atoms with Crippen molar-refractivity contribution >= 4 is 11.0 Å². The van der Waals surface area contributed by atoms with Crippen molar-refractivity contribution in [2.45, 2.75) is 16.9 Å². The Morgan fingerprint density at radius 2 is 1.83 bits per heavy atom. The van der Waals surface area contributed by atoms with Crippen LogP contribution >= 0.6 is 0 Å². The zero-order valence-electron chi connectivity index (χ0n) is 15.0. The lowest BCUT2D eigenvalue weighted by Crippen LogP contribution is -2.37. The predicted molar refractivity (Wildman–Crippen MR) is 98.5 cm³/mol. The molecule has 10 heteroatoms. The first kappa shape index (κ1) is 22.4. The second-order valence-electron chi connectivity index (χ2n) is 6.27. The van der Waals surface area contributed by atoms with E-state index < -0.39 is 34.8 Å². The number of benzene rings is 2. The number of halogens is 2. The average Bonchev–Trinajstić information content (AvgIpc) is 3.11. The number of β-amino-alcohol motifs (C(OH)–C–C–N with tert-alkyl or cyclic N) is 1. The number of aliphatic hydroxyl groups is 2. The second kappa shape index (κ2) is 9.54. The highest BCUT2D eigenvalue weighted by molar-refractivity contribution is 7.82. The van der Waals surface area contributed by atoms with Crippen LogP contribution in [-0.4, -0.2) is 49.1 Å². The minimum absolute atomic E-state index is 0.0118. The number of nitriles is 2. The van der Waals surface area contributed by atoms with Crippen LogP contribution in [0.1, 0.15) is 17.5 Å². The summed E-state index contributed by atoms with van der Waals surface area (Å²) in [6, 6.07) is 10.3. The summed E-state index contributed by atoms with van der Waals surface area (Å²) in [6.07, 6.45) is 0.304. The molecule has 2 aromatic carbocycles. The normalized spacial score (nSPS) is 19.5. The molecule has 3 N–H and O–H groups in total. The zero-order chi connectivity index (χ0) is 21.6. The molecule has 0 radical (unpaired) electrons. The molecule has 1 aliphatic rings. The third kappa shape index (κ3) is 5.56. The van der Waals surface area contributed by atoms with E-state index >= 15 is 0 Å². The number of hydrogen-bond donors (Lipinski definition) is 3. The molecule has 0 saturated carbocycles. The van der Waals surface area contributed by atoms with Crippen molar-refractivity contribution < 1.29 is 28.3 Å². The van der Waals surface area contributed by atoms with Crippen molar-refractivity contribution in [1.82, 2.24) is 4.31 Å². The van der Waals surface area contributed by atoms with E-state index in [1.807, 2.05) is 0 Å². The molecule has 1 heterocycles. The van der Waals surface area contributed by atoms with Crippen LogP contribution < -0.4 is 0 Å². The Balaban J connectivity index is 0.000000253. The van der Waals surface area contributed by atoms with Crippen LogP contribution in [0.2, 0.25) is 0 Å². The van der Waals surface area contributed by atoms with Gasteiger partial charge in [0.1, 0.15) is 46.1 Å². The minimum Gasteiger partial charge on any atom is -0.508 e. The van der Waals surface area contributed by atoms with Crippen LogP contribution in [0.5, 0.6) is 5.75 Å². The van der Waals surface area contributed by atoms with E-state index in [2.05, 4.69) is 0 Å². The molecule has 0 aliphatic carbocycles. The number of aliphatic hydroxyl groups excluding tert-OH is 1. The molecule has 1 aliphatic heterocycles. The largest absolute Gasteiger partial charge is 0.508 e. The Bertz CT molecular complexity index is 1010. The lowest BCUT2D eigenvalue weighted by Gasteiger charge is -2.20. The van der Waals surface area contributed by atoms with Gasteiger partial charge in [-0.2, -0.15) is 10.5 Å². The number of rotatable bonds is 3. The lowest BCUT2D eigenvalue weighted by atomic mass is 10.1. The molecule has 1 unspecified atom stereocenters. The molecule has 0 spiro atoms. The Labute approximate surface area is 168 Å².